The third kappa shape index (κ3) is 8.94. The van der Waals surface area contributed by atoms with E-state index in [1.807, 2.05) is 27.7 Å². The van der Waals surface area contributed by atoms with Crippen molar-refractivity contribution in [1.82, 2.24) is 15.2 Å². The molecule has 1 atom stereocenters. The lowest BCUT2D eigenvalue weighted by molar-refractivity contribution is -0.107. The van der Waals surface area contributed by atoms with E-state index in [1.54, 1.807) is 18.2 Å². The molecule has 1 saturated heterocycles. The highest BCUT2D eigenvalue weighted by Gasteiger charge is 2.24. The van der Waals surface area contributed by atoms with Crippen LogP contribution < -0.4 is 21.9 Å². The van der Waals surface area contributed by atoms with Gasteiger partial charge in [-0.1, -0.05) is 33.8 Å². The Kier molecular flexibility index (Phi) is 11.7. The van der Waals surface area contributed by atoms with E-state index < -0.39 is 6.17 Å². The Hall–Kier alpha value is -2.76. The number of hydrazine groups is 1. The van der Waals surface area contributed by atoms with Gasteiger partial charge in [-0.15, -0.1) is 0 Å². The van der Waals surface area contributed by atoms with E-state index in [1.165, 1.54) is 17.1 Å². The summed E-state index contributed by atoms with van der Waals surface area (Å²) >= 11 is 0. The van der Waals surface area contributed by atoms with Crippen LogP contribution in [0.4, 0.5) is 10.1 Å². The fourth-order valence-electron chi connectivity index (χ4n) is 4.00. The van der Waals surface area contributed by atoms with Crippen LogP contribution in [0.25, 0.3) is 0 Å². The van der Waals surface area contributed by atoms with Crippen LogP contribution in [0.3, 0.4) is 0 Å². The Balaban J connectivity index is 0.00000112. The van der Waals surface area contributed by atoms with Crippen LogP contribution in [-0.2, 0) is 11.3 Å². The van der Waals surface area contributed by atoms with E-state index in [4.69, 9.17) is 11.5 Å². The molecule has 1 aliphatic heterocycles. The molecule has 0 saturated carbocycles. The summed E-state index contributed by atoms with van der Waals surface area (Å²) in [5, 5.41) is 22.0. The van der Waals surface area contributed by atoms with Crippen LogP contribution in [0.15, 0.2) is 30.3 Å². The molecule has 0 radical (unpaired) electrons. The molecule has 2 aromatic carbocycles. The second-order valence-electron chi connectivity index (χ2n) is 10.1. The van der Waals surface area contributed by atoms with Crippen LogP contribution in [0.5, 0.6) is 11.5 Å². The summed E-state index contributed by atoms with van der Waals surface area (Å²) in [4.78, 5) is 15.5. The number of phenols is 2. The number of hydrogen-bond acceptors (Lipinski definition) is 9. The molecule has 7 N–H and O–H groups in total. The number of nitrogens with two attached hydrogens (primary N) is 2. The summed E-state index contributed by atoms with van der Waals surface area (Å²) in [5.41, 5.74) is 16.4. The molecule has 1 aliphatic rings. The van der Waals surface area contributed by atoms with Gasteiger partial charge in [0.25, 0.3) is 0 Å². The number of aromatic hydroxyl groups is 2. The summed E-state index contributed by atoms with van der Waals surface area (Å²) in [7, 11) is 2.08. The summed E-state index contributed by atoms with van der Waals surface area (Å²) in [6, 6.07) is 8.06. The molecular formula is C27H43FN6O3. The lowest BCUT2D eigenvalue weighted by Gasteiger charge is -2.33. The predicted octanol–water partition coefficient (Wildman–Crippen LogP) is 2.63. The fourth-order valence-corrected chi connectivity index (χ4v) is 4.00. The van der Waals surface area contributed by atoms with Crippen LogP contribution in [0.1, 0.15) is 56.5 Å². The number of aldehydes is 1. The van der Waals surface area contributed by atoms with Crippen molar-refractivity contribution >= 4 is 12.0 Å². The number of phenolic OH excluding ortho intramolecular Hbond substituents is 2. The van der Waals surface area contributed by atoms with Crippen LogP contribution >= 0.6 is 0 Å². The zero-order chi connectivity index (χ0) is 27.7. The molecule has 10 heteroatoms. The Morgan fingerprint density at radius 1 is 1.03 bits per heavy atom. The highest BCUT2D eigenvalue weighted by atomic mass is 19.1. The number of nitrogens with one attached hydrogen (secondary N) is 1. The molecule has 0 aromatic heterocycles. The largest absolute Gasteiger partial charge is 0.508 e. The van der Waals surface area contributed by atoms with Gasteiger partial charge in [-0.3, -0.25) is 9.91 Å². The maximum atomic E-state index is 15.0. The standard InChI is InChI=1S/C24H34FN5O3.C3H9N/c1-16(2)19-13-20(23(33)14-22(19)32)24(26)30(27-6-11-31)18-5-4-17(21(25)12-18)15-29-9-7-28(3)8-10-29;1-3(2)4/h4-5,11-14,16,24,27,32-33H,6-10,15,26H2,1-3H3;3H,4H2,1-2H3. The Bertz CT molecular complexity index is 1010. The highest BCUT2D eigenvalue weighted by Crippen LogP contribution is 2.36. The first-order valence-electron chi connectivity index (χ1n) is 12.7. The molecule has 0 aliphatic carbocycles. The van der Waals surface area contributed by atoms with Gasteiger partial charge in [0.05, 0.1) is 12.2 Å². The summed E-state index contributed by atoms with van der Waals surface area (Å²) in [6.45, 7) is 11.9. The number of piperazine rings is 1. The Morgan fingerprint density at radius 3 is 2.16 bits per heavy atom. The number of carbonyl (C=O) groups is 1. The van der Waals surface area contributed by atoms with Crippen molar-refractivity contribution in [2.75, 3.05) is 44.8 Å². The maximum Gasteiger partial charge on any atom is 0.135 e. The van der Waals surface area contributed by atoms with E-state index >= 15 is 4.39 Å². The number of benzene rings is 2. The summed E-state index contributed by atoms with van der Waals surface area (Å²) in [6.07, 6.45) is -0.264. The molecule has 1 fully saturated rings. The molecule has 37 heavy (non-hydrogen) atoms. The topological polar surface area (TPSA) is 131 Å². The number of rotatable bonds is 9. The van der Waals surface area contributed by atoms with E-state index in [0.29, 0.717) is 41.3 Å². The maximum absolute atomic E-state index is 15.0. The van der Waals surface area contributed by atoms with Crippen molar-refractivity contribution in [3.8, 4) is 11.5 Å². The van der Waals surface area contributed by atoms with Gasteiger partial charge in [-0.25, -0.2) is 9.82 Å². The number of nitrogens with zero attached hydrogens (tertiary/aromatic N) is 3. The lowest BCUT2D eigenvalue weighted by atomic mass is 9.97. The van der Waals surface area contributed by atoms with E-state index in [9.17, 15) is 15.0 Å². The number of anilines is 1. The molecule has 9 nitrogen and oxygen atoms in total. The second kappa shape index (κ2) is 14.3. The average Bonchev–Trinajstić information content (AvgIpc) is 2.81. The smallest absolute Gasteiger partial charge is 0.135 e. The molecule has 1 unspecified atom stereocenters. The number of hydrogen-bond donors (Lipinski definition) is 5. The van der Waals surface area contributed by atoms with Gasteiger partial charge in [0.1, 0.15) is 29.8 Å². The van der Waals surface area contributed by atoms with Crippen LogP contribution in [0.2, 0.25) is 0 Å². The quantitative estimate of drug-likeness (QED) is 0.193. The van der Waals surface area contributed by atoms with Crippen LogP contribution in [0, 0.1) is 5.82 Å². The predicted molar refractivity (Wildman–Crippen MR) is 146 cm³/mol. The van der Waals surface area contributed by atoms with Crippen molar-refractivity contribution in [1.29, 1.82) is 0 Å². The molecule has 206 valence electrons. The molecular weight excluding hydrogens is 475 g/mol. The summed E-state index contributed by atoms with van der Waals surface area (Å²) < 4.78 is 15.0. The van der Waals surface area contributed by atoms with Crippen molar-refractivity contribution < 1.29 is 19.4 Å². The fraction of sp³-hybridized carbons (Fsp3) is 0.519. The van der Waals surface area contributed by atoms with Crippen LogP contribution in [-0.4, -0.2) is 72.1 Å². The average molecular weight is 519 g/mol. The lowest BCUT2D eigenvalue weighted by Crippen LogP contribution is -2.46. The van der Waals surface area contributed by atoms with Crippen molar-refractivity contribution in [2.45, 2.75) is 52.4 Å². The van der Waals surface area contributed by atoms with Crippen molar-refractivity contribution in [3.63, 3.8) is 0 Å². The molecule has 0 bridgehead atoms. The monoisotopic (exact) mass is 518 g/mol. The molecule has 3 rings (SSSR count). The molecule has 0 amide bonds. The summed E-state index contributed by atoms with van der Waals surface area (Å²) in [5.74, 6) is -0.576. The normalized spacial score (nSPS) is 15.4. The van der Waals surface area contributed by atoms with Gasteiger partial charge in [0.15, 0.2) is 0 Å². The number of halogens is 1. The first-order chi connectivity index (χ1) is 17.4. The van der Waals surface area contributed by atoms with Gasteiger partial charge >= 0.3 is 0 Å². The third-order valence-electron chi connectivity index (χ3n) is 6.04. The zero-order valence-corrected chi connectivity index (χ0v) is 22.6. The minimum absolute atomic E-state index is 0.000706. The SMILES string of the molecule is CC(C)N.CC(C)c1cc(C(N)N(NCC=O)c2ccc(CN3CCN(C)CC3)c(F)c2)c(O)cc1O. The molecule has 0 spiro atoms. The van der Waals surface area contributed by atoms with E-state index in [0.717, 1.165) is 26.2 Å². The number of likely N-dealkylation sites (N-methyl/N-ethyl adjacent to an activating group) is 1. The third-order valence-corrected chi connectivity index (χ3v) is 6.04. The first-order valence-corrected chi connectivity index (χ1v) is 12.7. The number of carbonyl (C=O) groups excluding carboxylic acids is 1. The van der Waals surface area contributed by atoms with E-state index in [2.05, 4.69) is 22.3 Å². The van der Waals surface area contributed by atoms with E-state index in [-0.39, 0.29) is 29.8 Å². The second-order valence-corrected chi connectivity index (χ2v) is 10.1. The van der Waals surface area contributed by atoms with Gasteiger partial charge in [-0.2, -0.15) is 0 Å². The first kappa shape index (κ1) is 30.5. The van der Waals surface area contributed by atoms with Gasteiger partial charge in [0, 0.05) is 49.9 Å². The van der Waals surface area contributed by atoms with Crippen molar-refractivity contribution in [3.05, 3.63) is 52.8 Å². The van der Waals surface area contributed by atoms with Gasteiger partial charge in [-0.05, 0) is 42.8 Å². The minimum atomic E-state index is -0.939. The minimum Gasteiger partial charge on any atom is -0.508 e. The van der Waals surface area contributed by atoms with Gasteiger partial charge < -0.3 is 31.4 Å². The molecule has 1 heterocycles. The highest BCUT2D eigenvalue weighted by molar-refractivity contribution is 5.56. The molecule has 2 aromatic rings. The zero-order valence-electron chi connectivity index (χ0n) is 22.6. The van der Waals surface area contributed by atoms with Gasteiger partial charge in [0.2, 0.25) is 0 Å². The Morgan fingerprint density at radius 2 is 1.62 bits per heavy atom. The Labute approximate surface area is 219 Å². The van der Waals surface area contributed by atoms with Crippen molar-refractivity contribution in [2.24, 2.45) is 11.5 Å².